The summed E-state index contributed by atoms with van der Waals surface area (Å²) in [5.74, 6) is -1.93. The Bertz CT molecular complexity index is 1030. The van der Waals surface area contributed by atoms with Gasteiger partial charge in [0.2, 0.25) is 11.8 Å². The number of halogens is 4. The van der Waals surface area contributed by atoms with Gasteiger partial charge in [0.15, 0.2) is 0 Å². The van der Waals surface area contributed by atoms with E-state index in [1.54, 1.807) is 0 Å². The molecule has 0 saturated carbocycles. The fourth-order valence-corrected chi connectivity index (χ4v) is 2.60. The number of aromatic nitrogens is 4. The lowest BCUT2D eigenvalue weighted by Gasteiger charge is -2.18. The van der Waals surface area contributed by atoms with Crippen molar-refractivity contribution >= 4 is 11.8 Å². The van der Waals surface area contributed by atoms with Gasteiger partial charge in [0.1, 0.15) is 22.9 Å². The number of anilines is 2. The van der Waals surface area contributed by atoms with E-state index in [0.29, 0.717) is 0 Å². The third kappa shape index (κ3) is 3.40. The van der Waals surface area contributed by atoms with Gasteiger partial charge < -0.3 is 20.2 Å². The zero-order chi connectivity index (χ0) is 20.6. The van der Waals surface area contributed by atoms with E-state index in [9.17, 15) is 17.6 Å². The van der Waals surface area contributed by atoms with E-state index < -0.39 is 35.0 Å². The monoisotopic (exact) mass is 398 g/mol. The topological polar surface area (TPSA) is 112 Å². The molecule has 0 aliphatic heterocycles. The number of hydrogen-bond acceptors (Lipinski definition) is 8. The molecule has 12 heteroatoms. The lowest BCUT2D eigenvalue weighted by atomic mass is 10.0. The average Bonchev–Trinajstić information content (AvgIpc) is 3.05. The summed E-state index contributed by atoms with van der Waals surface area (Å²) in [5, 5.41) is 9.63. The van der Waals surface area contributed by atoms with E-state index >= 15 is 0 Å². The van der Waals surface area contributed by atoms with Gasteiger partial charge in [-0.05, 0) is 12.1 Å². The maximum atomic E-state index is 14.7. The highest BCUT2D eigenvalue weighted by atomic mass is 19.4. The van der Waals surface area contributed by atoms with Crippen molar-refractivity contribution in [2.24, 2.45) is 0 Å². The molecule has 0 bridgehead atoms. The molecule has 3 N–H and O–H groups in total. The van der Waals surface area contributed by atoms with Crippen LogP contribution in [-0.4, -0.2) is 34.3 Å². The highest BCUT2D eigenvalue weighted by Crippen LogP contribution is 2.44. The fourth-order valence-electron chi connectivity index (χ4n) is 2.60. The van der Waals surface area contributed by atoms with Gasteiger partial charge in [0, 0.05) is 19.5 Å². The Morgan fingerprint density at radius 3 is 2.39 bits per heavy atom. The van der Waals surface area contributed by atoms with Crippen molar-refractivity contribution < 1.29 is 26.7 Å². The summed E-state index contributed by atoms with van der Waals surface area (Å²) >= 11 is 0. The first kappa shape index (κ1) is 19.3. The highest BCUT2D eigenvalue weighted by Gasteiger charge is 2.39. The third-order valence-electron chi connectivity index (χ3n) is 3.75. The maximum absolute atomic E-state index is 14.7. The van der Waals surface area contributed by atoms with Crippen molar-refractivity contribution in [2.75, 3.05) is 25.2 Å². The lowest BCUT2D eigenvalue weighted by Crippen LogP contribution is -2.15. The summed E-state index contributed by atoms with van der Waals surface area (Å²) in [4.78, 5) is 7.24. The van der Waals surface area contributed by atoms with Crippen LogP contribution >= 0.6 is 0 Å². The van der Waals surface area contributed by atoms with E-state index in [1.165, 1.54) is 21.1 Å². The zero-order valence-corrected chi connectivity index (χ0v) is 14.8. The Hall–Kier alpha value is -3.44. The van der Waals surface area contributed by atoms with Crippen molar-refractivity contribution in [2.45, 2.75) is 13.1 Å². The molecule has 0 atom stereocenters. The first-order chi connectivity index (χ1) is 13.2. The second-order valence-electron chi connectivity index (χ2n) is 5.56. The minimum atomic E-state index is -4.84. The van der Waals surface area contributed by atoms with Crippen molar-refractivity contribution in [3.63, 3.8) is 0 Å². The Morgan fingerprint density at radius 2 is 1.86 bits per heavy atom. The summed E-state index contributed by atoms with van der Waals surface area (Å²) in [5.41, 5.74) is 3.30. The first-order valence-corrected chi connectivity index (χ1v) is 7.76. The molecule has 28 heavy (non-hydrogen) atoms. The molecule has 0 fully saturated rings. The highest BCUT2D eigenvalue weighted by molar-refractivity contribution is 5.78. The molecular formula is C16H14F4N6O2. The SMILES string of the molecule is CNc1nc(N)nc(-c2cc(F)c(-c3nnc(C)o3)cc2OC)c1C(F)(F)F. The molecule has 148 valence electrons. The van der Waals surface area contributed by atoms with Crippen LogP contribution < -0.4 is 15.8 Å². The smallest absolute Gasteiger partial charge is 0.422 e. The number of nitrogens with two attached hydrogens (primary N) is 1. The number of alkyl halides is 3. The number of aryl methyl sites for hydroxylation is 1. The van der Waals surface area contributed by atoms with Crippen molar-refractivity contribution in [1.29, 1.82) is 0 Å². The van der Waals surface area contributed by atoms with Crippen LogP contribution in [0.2, 0.25) is 0 Å². The van der Waals surface area contributed by atoms with E-state index in [1.807, 2.05) is 0 Å². The van der Waals surface area contributed by atoms with Crippen LogP contribution in [0.15, 0.2) is 16.5 Å². The molecule has 0 unspecified atom stereocenters. The second kappa shape index (κ2) is 6.94. The van der Waals surface area contributed by atoms with E-state index in [-0.39, 0.29) is 28.7 Å². The standard InChI is InChI=1S/C16H14F4N6O2/c1-6-25-26-14(28-6)7-5-10(27-3)8(4-9(7)17)12-11(16(18,19)20)13(22-2)24-15(21)23-12/h4-5H,1-3H3,(H3,21,22,23,24). The van der Waals surface area contributed by atoms with Crippen LogP contribution in [0.25, 0.3) is 22.7 Å². The van der Waals surface area contributed by atoms with Gasteiger partial charge >= 0.3 is 6.18 Å². The number of rotatable bonds is 4. The van der Waals surface area contributed by atoms with Crippen LogP contribution in [0.4, 0.5) is 29.3 Å². The number of ether oxygens (including phenoxy) is 1. The van der Waals surface area contributed by atoms with Gasteiger partial charge in [-0.3, -0.25) is 0 Å². The normalized spacial score (nSPS) is 11.5. The van der Waals surface area contributed by atoms with Gasteiger partial charge in [-0.2, -0.15) is 18.2 Å². The van der Waals surface area contributed by atoms with E-state index in [4.69, 9.17) is 14.9 Å². The van der Waals surface area contributed by atoms with E-state index in [2.05, 4.69) is 25.5 Å². The molecule has 8 nitrogen and oxygen atoms in total. The van der Waals surface area contributed by atoms with Gasteiger partial charge in [-0.1, -0.05) is 0 Å². The Morgan fingerprint density at radius 1 is 1.14 bits per heavy atom. The molecule has 0 saturated heterocycles. The molecule has 1 aromatic carbocycles. The lowest BCUT2D eigenvalue weighted by molar-refractivity contribution is -0.136. The third-order valence-corrected chi connectivity index (χ3v) is 3.75. The van der Waals surface area contributed by atoms with Gasteiger partial charge in [0.25, 0.3) is 5.89 Å². The molecule has 0 aliphatic rings. The van der Waals surface area contributed by atoms with Crippen molar-refractivity contribution in [3.8, 4) is 28.5 Å². The maximum Gasteiger partial charge on any atom is 0.422 e. The predicted octanol–water partition coefficient (Wildman–Crippen LogP) is 3.29. The van der Waals surface area contributed by atoms with E-state index in [0.717, 1.165) is 12.1 Å². The summed E-state index contributed by atoms with van der Waals surface area (Å²) in [6, 6.07) is 1.99. The summed E-state index contributed by atoms with van der Waals surface area (Å²) in [7, 11) is 2.47. The van der Waals surface area contributed by atoms with Crippen LogP contribution in [0, 0.1) is 12.7 Å². The van der Waals surface area contributed by atoms with Gasteiger partial charge in [0.05, 0.1) is 18.4 Å². The molecule has 0 amide bonds. The van der Waals surface area contributed by atoms with Crippen LogP contribution in [0.1, 0.15) is 11.5 Å². The first-order valence-electron chi connectivity index (χ1n) is 7.76. The number of nitrogen functional groups attached to an aromatic ring is 1. The Balaban J connectivity index is 2.30. The molecule has 3 aromatic rings. The number of hydrogen-bond donors (Lipinski definition) is 2. The zero-order valence-electron chi connectivity index (χ0n) is 14.8. The number of benzene rings is 1. The molecular weight excluding hydrogens is 384 g/mol. The van der Waals surface area contributed by atoms with Crippen molar-refractivity contribution in [3.05, 3.63) is 29.4 Å². The molecule has 0 aliphatic carbocycles. The largest absolute Gasteiger partial charge is 0.496 e. The summed E-state index contributed by atoms with van der Waals surface area (Å²) in [6.45, 7) is 1.51. The van der Waals surface area contributed by atoms with Gasteiger partial charge in [-0.25, -0.2) is 9.37 Å². The number of nitrogens with one attached hydrogen (secondary N) is 1. The van der Waals surface area contributed by atoms with Crippen LogP contribution in [0.3, 0.4) is 0 Å². The molecule has 0 radical (unpaired) electrons. The fraction of sp³-hybridized carbons (Fsp3) is 0.250. The average molecular weight is 398 g/mol. The Labute approximate surface area is 155 Å². The minimum Gasteiger partial charge on any atom is -0.496 e. The molecule has 2 aromatic heterocycles. The second-order valence-corrected chi connectivity index (χ2v) is 5.56. The minimum absolute atomic E-state index is 0.0992. The number of nitrogens with zero attached hydrogens (tertiary/aromatic N) is 4. The van der Waals surface area contributed by atoms with Crippen LogP contribution in [-0.2, 0) is 6.18 Å². The van der Waals surface area contributed by atoms with Crippen molar-refractivity contribution in [1.82, 2.24) is 20.2 Å². The van der Waals surface area contributed by atoms with Gasteiger partial charge in [-0.15, -0.1) is 10.2 Å². The number of methoxy groups -OCH3 is 1. The Kier molecular flexibility index (Phi) is 4.79. The molecule has 0 spiro atoms. The summed E-state index contributed by atoms with van der Waals surface area (Å²) in [6.07, 6.45) is -4.84. The van der Waals surface area contributed by atoms with Crippen LogP contribution in [0.5, 0.6) is 5.75 Å². The molecule has 2 heterocycles. The predicted molar refractivity (Wildman–Crippen MR) is 91.0 cm³/mol. The summed E-state index contributed by atoms with van der Waals surface area (Å²) < 4.78 is 66.0. The quantitative estimate of drug-likeness (QED) is 0.644. The molecule has 3 rings (SSSR count).